The Kier molecular flexibility index (Phi) is 3.45. The maximum absolute atomic E-state index is 12.0. The van der Waals surface area contributed by atoms with Crippen LogP contribution in [0.15, 0.2) is 30.3 Å². The van der Waals surface area contributed by atoms with Gasteiger partial charge in [0.05, 0.1) is 0 Å². The van der Waals surface area contributed by atoms with Crippen LogP contribution >= 0.6 is 0 Å². The largest absolute Gasteiger partial charge is 0.335 e. The van der Waals surface area contributed by atoms with Gasteiger partial charge in [-0.05, 0) is 56.1 Å². The van der Waals surface area contributed by atoms with Crippen molar-refractivity contribution in [3.05, 3.63) is 30.3 Å². The summed E-state index contributed by atoms with van der Waals surface area (Å²) in [6.07, 6.45) is 5.46. The monoisotopic (exact) mass is 258 g/mol. The molecule has 1 aromatic carbocycles. The number of para-hydroxylation sites is 1. The van der Waals surface area contributed by atoms with Crippen molar-refractivity contribution >= 4 is 11.7 Å². The van der Waals surface area contributed by atoms with Crippen molar-refractivity contribution in [1.29, 1.82) is 0 Å². The van der Waals surface area contributed by atoms with Crippen molar-refractivity contribution in [3.63, 3.8) is 0 Å². The number of hydrogen-bond donors (Lipinski definition) is 2. The average molecular weight is 258 g/mol. The number of rotatable bonds is 3. The summed E-state index contributed by atoms with van der Waals surface area (Å²) in [6, 6.07) is 9.80. The molecule has 19 heavy (non-hydrogen) atoms. The van der Waals surface area contributed by atoms with Crippen LogP contribution in [0.4, 0.5) is 10.5 Å². The molecule has 3 nitrogen and oxygen atoms in total. The molecule has 2 aliphatic carbocycles. The number of hydrogen-bond acceptors (Lipinski definition) is 1. The molecular weight excluding hydrogens is 236 g/mol. The van der Waals surface area contributed by atoms with Crippen molar-refractivity contribution in [2.75, 3.05) is 5.32 Å². The van der Waals surface area contributed by atoms with Crippen molar-refractivity contribution in [2.45, 2.75) is 38.6 Å². The second kappa shape index (κ2) is 5.24. The van der Waals surface area contributed by atoms with Gasteiger partial charge in [0.1, 0.15) is 0 Å². The highest BCUT2D eigenvalue weighted by atomic mass is 16.2. The lowest BCUT2D eigenvalue weighted by Gasteiger charge is -2.28. The minimum absolute atomic E-state index is 0.0820. The summed E-state index contributed by atoms with van der Waals surface area (Å²) in [5.41, 5.74) is 0.847. The standard InChI is InChI=1S/C16H22N2O/c1-11(15-10-12-7-8-13(15)9-12)17-16(19)18-14-5-3-2-4-6-14/h2-6,11-13,15H,7-10H2,1H3,(H2,17,18,19)/t11-,12-,13-,15+/m1/s1. The third-order valence-electron chi connectivity index (χ3n) is 4.83. The zero-order valence-corrected chi connectivity index (χ0v) is 11.4. The first-order valence-electron chi connectivity index (χ1n) is 7.35. The number of amides is 2. The third-order valence-corrected chi connectivity index (χ3v) is 4.83. The maximum Gasteiger partial charge on any atom is 0.319 e. The molecule has 1 aromatic rings. The summed E-state index contributed by atoms with van der Waals surface area (Å²) in [4.78, 5) is 12.0. The van der Waals surface area contributed by atoms with Crippen LogP contribution in [-0.4, -0.2) is 12.1 Å². The number of carbonyl (C=O) groups is 1. The van der Waals surface area contributed by atoms with Crippen molar-refractivity contribution in [3.8, 4) is 0 Å². The van der Waals surface area contributed by atoms with Crippen LogP contribution in [0, 0.1) is 17.8 Å². The Morgan fingerprint density at radius 1 is 1.21 bits per heavy atom. The molecule has 102 valence electrons. The van der Waals surface area contributed by atoms with Gasteiger partial charge in [-0.25, -0.2) is 4.79 Å². The van der Waals surface area contributed by atoms with Gasteiger partial charge in [-0.1, -0.05) is 24.6 Å². The highest BCUT2D eigenvalue weighted by molar-refractivity contribution is 5.89. The van der Waals surface area contributed by atoms with Crippen LogP contribution in [0.25, 0.3) is 0 Å². The Labute approximate surface area is 114 Å². The fourth-order valence-corrected chi connectivity index (χ4v) is 3.91. The van der Waals surface area contributed by atoms with E-state index in [0.29, 0.717) is 5.92 Å². The van der Waals surface area contributed by atoms with E-state index in [0.717, 1.165) is 17.5 Å². The van der Waals surface area contributed by atoms with E-state index in [1.807, 2.05) is 30.3 Å². The normalized spacial score (nSPS) is 30.1. The fraction of sp³-hybridized carbons (Fsp3) is 0.562. The molecule has 4 atom stereocenters. The van der Waals surface area contributed by atoms with Gasteiger partial charge in [-0.15, -0.1) is 0 Å². The molecule has 0 aliphatic heterocycles. The molecule has 2 aliphatic rings. The number of urea groups is 1. The van der Waals surface area contributed by atoms with Crippen molar-refractivity contribution in [2.24, 2.45) is 17.8 Å². The fourth-order valence-electron chi connectivity index (χ4n) is 3.91. The molecule has 2 saturated carbocycles. The smallest absolute Gasteiger partial charge is 0.319 e. The van der Waals surface area contributed by atoms with Crippen LogP contribution < -0.4 is 10.6 Å². The van der Waals surface area contributed by atoms with Crippen LogP contribution in [0.1, 0.15) is 32.6 Å². The molecule has 2 amide bonds. The van der Waals surface area contributed by atoms with Gasteiger partial charge in [0.15, 0.2) is 0 Å². The van der Waals surface area contributed by atoms with Gasteiger partial charge in [-0.2, -0.15) is 0 Å². The lowest BCUT2D eigenvalue weighted by molar-refractivity contribution is 0.230. The quantitative estimate of drug-likeness (QED) is 0.854. The van der Waals surface area contributed by atoms with E-state index in [1.54, 1.807) is 0 Å². The van der Waals surface area contributed by atoms with Gasteiger partial charge < -0.3 is 10.6 Å². The third kappa shape index (κ3) is 2.75. The zero-order valence-electron chi connectivity index (χ0n) is 11.4. The Morgan fingerprint density at radius 3 is 2.63 bits per heavy atom. The number of nitrogens with one attached hydrogen (secondary N) is 2. The summed E-state index contributed by atoms with van der Waals surface area (Å²) in [5, 5.41) is 6.00. The van der Waals surface area contributed by atoms with Crippen molar-refractivity contribution < 1.29 is 4.79 Å². The molecule has 2 bridgehead atoms. The number of benzene rings is 1. The Morgan fingerprint density at radius 2 is 2.00 bits per heavy atom. The van der Waals surface area contributed by atoms with Crippen LogP contribution in [0.5, 0.6) is 0 Å². The van der Waals surface area contributed by atoms with Crippen LogP contribution in [0.2, 0.25) is 0 Å². The van der Waals surface area contributed by atoms with E-state index >= 15 is 0 Å². The van der Waals surface area contributed by atoms with Gasteiger partial charge in [0.2, 0.25) is 0 Å². The van der Waals surface area contributed by atoms with Crippen molar-refractivity contribution in [1.82, 2.24) is 5.32 Å². The van der Waals surface area contributed by atoms with E-state index in [-0.39, 0.29) is 12.1 Å². The Bertz CT molecular complexity index is 445. The van der Waals surface area contributed by atoms with E-state index in [9.17, 15) is 4.79 Å². The van der Waals surface area contributed by atoms with E-state index in [2.05, 4.69) is 17.6 Å². The first-order valence-corrected chi connectivity index (χ1v) is 7.35. The molecule has 0 aromatic heterocycles. The van der Waals surface area contributed by atoms with E-state index < -0.39 is 0 Å². The second-order valence-electron chi connectivity index (χ2n) is 6.09. The van der Waals surface area contributed by atoms with Gasteiger partial charge in [0, 0.05) is 11.7 Å². The molecule has 0 heterocycles. The zero-order chi connectivity index (χ0) is 13.2. The van der Waals surface area contributed by atoms with Gasteiger partial charge >= 0.3 is 6.03 Å². The summed E-state index contributed by atoms with van der Waals surface area (Å²) < 4.78 is 0. The molecule has 3 rings (SSSR count). The minimum atomic E-state index is -0.0820. The molecule has 2 fully saturated rings. The molecular formula is C16H22N2O. The SMILES string of the molecule is C[C@@H](NC(=O)Nc1ccccc1)[C@@H]1C[C@@H]2CC[C@@H]1C2. The number of fused-ring (bicyclic) bond motifs is 2. The van der Waals surface area contributed by atoms with Crippen LogP contribution in [0.3, 0.4) is 0 Å². The lowest BCUT2D eigenvalue weighted by atomic mass is 9.84. The molecule has 0 spiro atoms. The highest BCUT2D eigenvalue weighted by Crippen LogP contribution is 2.49. The Hall–Kier alpha value is -1.51. The molecule has 0 radical (unpaired) electrons. The first-order chi connectivity index (χ1) is 9.22. The lowest BCUT2D eigenvalue weighted by Crippen LogP contribution is -2.42. The topological polar surface area (TPSA) is 41.1 Å². The average Bonchev–Trinajstić information content (AvgIpc) is 3.02. The van der Waals surface area contributed by atoms with Crippen LogP contribution in [-0.2, 0) is 0 Å². The minimum Gasteiger partial charge on any atom is -0.335 e. The molecule has 0 unspecified atom stereocenters. The second-order valence-corrected chi connectivity index (χ2v) is 6.09. The first kappa shape index (κ1) is 12.5. The molecule has 0 saturated heterocycles. The number of anilines is 1. The van der Waals surface area contributed by atoms with E-state index in [1.165, 1.54) is 25.7 Å². The van der Waals surface area contributed by atoms with E-state index in [4.69, 9.17) is 0 Å². The summed E-state index contributed by atoms with van der Waals surface area (Å²) in [6.45, 7) is 2.15. The highest BCUT2D eigenvalue weighted by Gasteiger charge is 2.42. The maximum atomic E-state index is 12.0. The Balaban J connectivity index is 1.52. The van der Waals surface area contributed by atoms with Gasteiger partial charge in [0.25, 0.3) is 0 Å². The predicted octanol–water partition coefficient (Wildman–Crippen LogP) is 3.63. The summed E-state index contributed by atoms with van der Waals surface area (Å²) >= 11 is 0. The summed E-state index contributed by atoms with van der Waals surface area (Å²) in [7, 11) is 0. The molecule has 2 N–H and O–H groups in total. The summed E-state index contributed by atoms with van der Waals surface area (Å²) in [5.74, 6) is 2.45. The molecule has 3 heteroatoms. The predicted molar refractivity (Wildman–Crippen MR) is 77.0 cm³/mol. The van der Waals surface area contributed by atoms with Gasteiger partial charge in [-0.3, -0.25) is 0 Å². The number of carbonyl (C=O) groups excluding carboxylic acids is 1.